The number of nitrogens with two attached hydrogens (primary N) is 1. The van der Waals surface area contributed by atoms with Crippen molar-refractivity contribution in [2.75, 3.05) is 11.1 Å². The lowest BCUT2D eigenvalue weighted by Gasteiger charge is -2.16. The maximum Gasteiger partial charge on any atom is 0.137 e. The zero-order valence-corrected chi connectivity index (χ0v) is 11.2. The molecule has 1 unspecified atom stereocenters. The Balaban J connectivity index is 1.83. The average Bonchev–Trinajstić information content (AvgIpc) is 2.91. The Labute approximate surface area is 116 Å². The number of nitrogen functional groups attached to an aromatic ring is 1. The first-order valence-corrected chi connectivity index (χ1v) is 6.45. The average molecular weight is 268 g/mol. The molecule has 0 saturated carbocycles. The predicted octanol–water partition coefficient (Wildman–Crippen LogP) is 1.91. The number of nitrogens with zero attached hydrogens (tertiary/aromatic N) is 4. The summed E-state index contributed by atoms with van der Waals surface area (Å²) < 4.78 is 2.03. The third-order valence-electron chi connectivity index (χ3n) is 3.09. The van der Waals surface area contributed by atoms with Crippen molar-refractivity contribution in [1.29, 1.82) is 0 Å². The Morgan fingerprint density at radius 3 is 3.05 bits per heavy atom. The summed E-state index contributed by atoms with van der Waals surface area (Å²) >= 11 is 0. The fourth-order valence-electron chi connectivity index (χ4n) is 2.18. The number of benzene rings is 1. The van der Waals surface area contributed by atoms with E-state index in [1.54, 1.807) is 18.9 Å². The van der Waals surface area contributed by atoms with Crippen molar-refractivity contribution in [3.05, 3.63) is 43.2 Å². The first-order chi connectivity index (χ1) is 9.72. The van der Waals surface area contributed by atoms with E-state index in [-0.39, 0.29) is 6.04 Å². The van der Waals surface area contributed by atoms with Gasteiger partial charge in [0.15, 0.2) is 0 Å². The molecule has 3 aromatic rings. The molecule has 6 nitrogen and oxygen atoms in total. The number of imidazole rings is 1. The van der Waals surface area contributed by atoms with Crippen molar-refractivity contribution in [3.63, 3.8) is 0 Å². The van der Waals surface area contributed by atoms with Crippen molar-refractivity contribution in [3.8, 4) is 0 Å². The molecule has 1 aromatic carbocycles. The minimum atomic E-state index is 0.222. The molecule has 0 amide bonds. The van der Waals surface area contributed by atoms with Gasteiger partial charge in [-0.1, -0.05) is 0 Å². The molecule has 102 valence electrons. The Bertz CT molecular complexity index is 707. The molecule has 3 N–H and O–H groups in total. The van der Waals surface area contributed by atoms with Gasteiger partial charge in [-0.25, -0.2) is 15.0 Å². The van der Waals surface area contributed by atoms with Gasteiger partial charge in [0.1, 0.15) is 12.1 Å². The van der Waals surface area contributed by atoms with Gasteiger partial charge >= 0.3 is 0 Å². The molecule has 6 heteroatoms. The molecule has 3 rings (SSSR count). The van der Waals surface area contributed by atoms with E-state index < -0.39 is 0 Å². The maximum absolute atomic E-state index is 5.77. The molecule has 0 radical (unpaired) electrons. The number of nitrogens with one attached hydrogen (secondary N) is 1. The van der Waals surface area contributed by atoms with Crippen LogP contribution in [0.1, 0.15) is 6.92 Å². The number of hydrogen-bond donors (Lipinski definition) is 2. The Morgan fingerprint density at radius 2 is 2.25 bits per heavy atom. The molecule has 0 saturated heterocycles. The molecule has 0 fully saturated rings. The Kier molecular flexibility index (Phi) is 3.20. The van der Waals surface area contributed by atoms with E-state index in [0.717, 1.165) is 23.3 Å². The van der Waals surface area contributed by atoms with Crippen LogP contribution < -0.4 is 11.1 Å². The van der Waals surface area contributed by atoms with E-state index in [2.05, 4.69) is 27.2 Å². The minimum Gasteiger partial charge on any atom is -0.399 e. The van der Waals surface area contributed by atoms with Crippen LogP contribution in [0, 0.1) is 0 Å². The van der Waals surface area contributed by atoms with Crippen LogP contribution in [-0.4, -0.2) is 25.6 Å². The van der Waals surface area contributed by atoms with Gasteiger partial charge in [0, 0.05) is 36.1 Å². The Hall–Kier alpha value is -2.63. The van der Waals surface area contributed by atoms with Gasteiger partial charge < -0.3 is 15.6 Å². The first kappa shape index (κ1) is 12.4. The molecule has 0 bridgehead atoms. The second-order valence-corrected chi connectivity index (χ2v) is 4.80. The largest absolute Gasteiger partial charge is 0.399 e. The van der Waals surface area contributed by atoms with Gasteiger partial charge in [0.2, 0.25) is 0 Å². The van der Waals surface area contributed by atoms with Gasteiger partial charge in [0.25, 0.3) is 0 Å². The highest BCUT2D eigenvalue weighted by Gasteiger charge is 2.08. The molecular formula is C14H16N6. The van der Waals surface area contributed by atoms with Gasteiger partial charge in [-0.2, -0.15) is 0 Å². The van der Waals surface area contributed by atoms with Crippen LogP contribution in [0.4, 0.5) is 11.5 Å². The molecule has 0 aliphatic rings. The fraction of sp³-hybridized carbons (Fsp3) is 0.214. The van der Waals surface area contributed by atoms with Crippen LogP contribution in [0.15, 0.2) is 43.2 Å². The highest BCUT2D eigenvalue weighted by Crippen LogP contribution is 2.21. The quantitative estimate of drug-likeness (QED) is 0.706. The summed E-state index contributed by atoms with van der Waals surface area (Å²) in [6.45, 7) is 2.92. The van der Waals surface area contributed by atoms with E-state index in [1.807, 2.05) is 29.0 Å². The highest BCUT2D eigenvalue weighted by molar-refractivity contribution is 5.90. The third-order valence-corrected chi connectivity index (χ3v) is 3.09. The Morgan fingerprint density at radius 1 is 1.35 bits per heavy atom. The topological polar surface area (TPSA) is 81.7 Å². The fourth-order valence-corrected chi connectivity index (χ4v) is 2.18. The molecule has 2 aromatic heterocycles. The predicted molar refractivity (Wildman–Crippen MR) is 79.3 cm³/mol. The van der Waals surface area contributed by atoms with E-state index >= 15 is 0 Å². The molecule has 2 heterocycles. The summed E-state index contributed by atoms with van der Waals surface area (Å²) in [5.41, 5.74) is 7.32. The zero-order chi connectivity index (χ0) is 13.9. The standard InChI is InChI=1S/C14H16N6/c1-10(7-20-5-4-16-9-20)19-14-12-3-2-11(15)6-13(12)17-8-18-14/h2-6,8-10H,7,15H2,1H3,(H,17,18,19). The highest BCUT2D eigenvalue weighted by atomic mass is 15.1. The van der Waals surface area contributed by atoms with Crippen molar-refractivity contribution in [1.82, 2.24) is 19.5 Å². The van der Waals surface area contributed by atoms with Crippen LogP contribution in [0.5, 0.6) is 0 Å². The van der Waals surface area contributed by atoms with E-state index in [0.29, 0.717) is 5.69 Å². The second-order valence-electron chi connectivity index (χ2n) is 4.80. The lowest BCUT2D eigenvalue weighted by atomic mass is 10.2. The van der Waals surface area contributed by atoms with Gasteiger partial charge in [0.05, 0.1) is 11.8 Å². The van der Waals surface area contributed by atoms with Gasteiger partial charge in [-0.05, 0) is 25.1 Å². The summed E-state index contributed by atoms with van der Waals surface area (Å²) in [6.07, 6.45) is 7.07. The maximum atomic E-state index is 5.77. The molecule has 20 heavy (non-hydrogen) atoms. The third kappa shape index (κ3) is 2.54. The molecular weight excluding hydrogens is 252 g/mol. The normalized spacial score (nSPS) is 12.4. The van der Waals surface area contributed by atoms with Crippen molar-refractivity contribution in [2.45, 2.75) is 19.5 Å². The number of rotatable bonds is 4. The number of hydrogen-bond acceptors (Lipinski definition) is 5. The van der Waals surface area contributed by atoms with Crippen LogP contribution in [0.25, 0.3) is 10.9 Å². The first-order valence-electron chi connectivity index (χ1n) is 6.45. The van der Waals surface area contributed by atoms with Crippen molar-refractivity contribution >= 4 is 22.4 Å². The van der Waals surface area contributed by atoms with Crippen LogP contribution in [0.2, 0.25) is 0 Å². The lowest BCUT2D eigenvalue weighted by Crippen LogP contribution is -2.22. The molecule has 0 aliphatic carbocycles. The summed E-state index contributed by atoms with van der Waals surface area (Å²) in [4.78, 5) is 12.6. The lowest BCUT2D eigenvalue weighted by molar-refractivity contribution is 0.617. The second kappa shape index (κ2) is 5.16. The molecule has 0 aliphatic heterocycles. The van der Waals surface area contributed by atoms with E-state index in [1.165, 1.54) is 0 Å². The van der Waals surface area contributed by atoms with Crippen LogP contribution in [0.3, 0.4) is 0 Å². The SMILES string of the molecule is CC(Cn1ccnc1)Nc1ncnc2cc(N)ccc12. The zero-order valence-electron chi connectivity index (χ0n) is 11.2. The van der Waals surface area contributed by atoms with Crippen molar-refractivity contribution < 1.29 is 0 Å². The van der Waals surface area contributed by atoms with Gasteiger partial charge in [-0.15, -0.1) is 0 Å². The summed E-state index contributed by atoms with van der Waals surface area (Å²) in [5, 5.41) is 4.37. The number of anilines is 2. The summed E-state index contributed by atoms with van der Waals surface area (Å²) in [6, 6.07) is 5.87. The number of fused-ring (bicyclic) bond motifs is 1. The van der Waals surface area contributed by atoms with Crippen molar-refractivity contribution in [2.24, 2.45) is 0 Å². The smallest absolute Gasteiger partial charge is 0.137 e. The summed E-state index contributed by atoms with van der Waals surface area (Å²) in [7, 11) is 0. The van der Waals surface area contributed by atoms with Crippen LogP contribution >= 0.6 is 0 Å². The van der Waals surface area contributed by atoms with E-state index in [9.17, 15) is 0 Å². The molecule has 1 atom stereocenters. The monoisotopic (exact) mass is 268 g/mol. The van der Waals surface area contributed by atoms with Gasteiger partial charge in [-0.3, -0.25) is 0 Å². The minimum absolute atomic E-state index is 0.222. The summed E-state index contributed by atoms with van der Waals surface area (Å²) in [5.74, 6) is 0.822. The van der Waals surface area contributed by atoms with E-state index in [4.69, 9.17) is 5.73 Å². The van der Waals surface area contributed by atoms with Crippen LogP contribution in [-0.2, 0) is 6.54 Å². The number of aromatic nitrogens is 4. The molecule has 0 spiro atoms.